The first-order valence-corrected chi connectivity index (χ1v) is 5.41. The lowest BCUT2D eigenvalue weighted by Gasteiger charge is -2.50. The minimum absolute atomic E-state index is 0.973. The van der Waals surface area contributed by atoms with Crippen molar-refractivity contribution in [2.75, 3.05) is 0 Å². The number of rotatable bonds is 0. The second-order valence-corrected chi connectivity index (χ2v) is 5.51. The van der Waals surface area contributed by atoms with Crippen LogP contribution in [0.25, 0.3) is 0 Å². The summed E-state index contributed by atoms with van der Waals surface area (Å²) in [5.74, 6) is 4.95. The average Bonchev–Trinajstić information content (AvgIpc) is 2.58. The zero-order valence-corrected chi connectivity index (χ0v) is 7.05. The van der Waals surface area contributed by atoms with Crippen molar-refractivity contribution in [3.05, 3.63) is 0 Å². The number of hydrogen-bond acceptors (Lipinski definition) is 0. The Hall–Kier alpha value is 0. The van der Waals surface area contributed by atoms with Crippen molar-refractivity contribution in [1.29, 1.82) is 0 Å². The van der Waals surface area contributed by atoms with Crippen LogP contribution >= 0.6 is 0 Å². The van der Waals surface area contributed by atoms with Crippen molar-refractivity contribution in [3.8, 4) is 0 Å². The molecule has 2 atom stereocenters. The summed E-state index contributed by atoms with van der Waals surface area (Å²) in [7, 11) is 0. The van der Waals surface area contributed by atoms with E-state index in [4.69, 9.17) is 0 Å². The van der Waals surface area contributed by atoms with E-state index in [2.05, 4.69) is 0 Å². The van der Waals surface area contributed by atoms with Crippen LogP contribution in [0, 0.1) is 29.1 Å². The molecule has 11 heavy (non-hydrogen) atoms. The van der Waals surface area contributed by atoms with E-state index >= 15 is 0 Å². The van der Waals surface area contributed by atoms with Gasteiger partial charge in [-0.15, -0.1) is 0 Å². The van der Waals surface area contributed by atoms with Crippen LogP contribution < -0.4 is 0 Å². The summed E-state index contributed by atoms with van der Waals surface area (Å²) < 4.78 is 0. The summed E-state index contributed by atoms with van der Waals surface area (Å²) in [4.78, 5) is 0. The lowest BCUT2D eigenvalue weighted by atomic mass is 9.54. The Morgan fingerprint density at radius 2 is 1.64 bits per heavy atom. The lowest BCUT2D eigenvalue weighted by Crippen LogP contribution is -2.44. The average molecular weight is 148 g/mol. The molecule has 6 saturated carbocycles. The molecule has 0 N–H and O–H groups in total. The topological polar surface area (TPSA) is 0 Å². The smallest absolute Gasteiger partial charge is 0.0260 e. The fourth-order valence-corrected chi connectivity index (χ4v) is 4.91. The van der Waals surface area contributed by atoms with E-state index in [-0.39, 0.29) is 0 Å². The van der Waals surface area contributed by atoms with Crippen LogP contribution in [0.5, 0.6) is 0 Å². The van der Waals surface area contributed by atoms with E-state index in [0.29, 0.717) is 0 Å². The van der Waals surface area contributed by atoms with Gasteiger partial charge in [0.15, 0.2) is 0 Å². The van der Waals surface area contributed by atoms with Crippen LogP contribution in [0.1, 0.15) is 38.5 Å². The quantitative estimate of drug-likeness (QED) is 0.495. The van der Waals surface area contributed by atoms with Gasteiger partial charge in [-0.25, -0.2) is 0 Å². The fourth-order valence-electron chi connectivity index (χ4n) is 4.91. The molecule has 0 aromatic heterocycles. The molecule has 6 aliphatic carbocycles. The summed E-state index contributed by atoms with van der Waals surface area (Å²) in [6.45, 7) is 0. The third-order valence-electron chi connectivity index (χ3n) is 5.34. The highest BCUT2D eigenvalue weighted by Gasteiger charge is 2.71. The van der Waals surface area contributed by atoms with Gasteiger partial charge in [-0.1, -0.05) is 6.42 Å². The first-order chi connectivity index (χ1) is 5.41. The van der Waals surface area contributed by atoms with E-state index in [9.17, 15) is 0 Å². The summed E-state index contributed by atoms with van der Waals surface area (Å²) in [6.07, 6.45) is 9.66. The van der Waals surface area contributed by atoms with Gasteiger partial charge < -0.3 is 0 Å². The van der Waals surface area contributed by atoms with Gasteiger partial charge in [-0.05, 0) is 61.2 Å². The fraction of sp³-hybridized carbons (Fsp3) is 1.00. The van der Waals surface area contributed by atoms with E-state index in [0.717, 1.165) is 5.41 Å². The van der Waals surface area contributed by atoms with E-state index in [1.165, 1.54) is 23.7 Å². The summed E-state index contributed by atoms with van der Waals surface area (Å²) >= 11 is 0. The highest BCUT2D eigenvalue weighted by Crippen LogP contribution is 2.79. The molecule has 60 valence electrons. The maximum atomic E-state index is 1.66. The molecule has 0 radical (unpaired) electrons. The first kappa shape index (κ1) is 5.61. The molecule has 6 rings (SSSR count). The predicted octanol–water partition coefficient (Wildman–Crippen LogP) is 2.83. The zero-order valence-electron chi connectivity index (χ0n) is 7.05. The Morgan fingerprint density at radius 3 is 2.09 bits per heavy atom. The van der Waals surface area contributed by atoms with Gasteiger partial charge in [0.2, 0.25) is 0 Å². The second kappa shape index (κ2) is 1.41. The minimum atomic E-state index is 0.973. The van der Waals surface area contributed by atoms with Crippen molar-refractivity contribution in [3.63, 3.8) is 0 Å². The molecule has 0 aliphatic heterocycles. The maximum Gasteiger partial charge on any atom is -0.0260 e. The van der Waals surface area contributed by atoms with E-state index < -0.39 is 0 Å². The maximum absolute atomic E-state index is 1.66. The van der Waals surface area contributed by atoms with Gasteiger partial charge in [0.1, 0.15) is 0 Å². The van der Waals surface area contributed by atoms with Crippen molar-refractivity contribution in [1.82, 2.24) is 0 Å². The Kier molecular flexibility index (Phi) is 0.717. The first-order valence-electron chi connectivity index (χ1n) is 5.41. The second-order valence-electron chi connectivity index (χ2n) is 5.51. The Labute approximate surface area is 68.4 Å². The van der Waals surface area contributed by atoms with Crippen LogP contribution in [0.2, 0.25) is 0 Å². The van der Waals surface area contributed by atoms with Gasteiger partial charge in [0.05, 0.1) is 0 Å². The molecule has 6 fully saturated rings. The van der Waals surface area contributed by atoms with Crippen LogP contribution in [0.3, 0.4) is 0 Å². The molecule has 6 aliphatic rings. The van der Waals surface area contributed by atoms with Gasteiger partial charge in [-0.2, -0.15) is 0 Å². The molecule has 2 unspecified atom stereocenters. The molecule has 0 saturated heterocycles. The third kappa shape index (κ3) is 0.443. The molecule has 0 heteroatoms. The molecule has 0 amide bonds. The Balaban J connectivity index is 1.78. The predicted molar refractivity (Wildman–Crippen MR) is 44.1 cm³/mol. The monoisotopic (exact) mass is 148 g/mol. The lowest BCUT2D eigenvalue weighted by molar-refractivity contribution is -0.0204. The highest BCUT2D eigenvalue weighted by atomic mass is 14.8. The Morgan fingerprint density at radius 1 is 0.909 bits per heavy atom. The summed E-state index contributed by atoms with van der Waals surface area (Å²) in [5.41, 5.74) is 0.973. The molecule has 1 spiro atoms. The molecule has 0 aromatic rings. The van der Waals surface area contributed by atoms with Crippen LogP contribution in [0.15, 0.2) is 0 Å². The van der Waals surface area contributed by atoms with Crippen molar-refractivity contribution >= 4 is 0 Å². The summed E-state index contributed by atoms with van der Waals surface area (Å²) in [5, 5.41) is 0. The Bertz CT molecular complexity index is 202. The standard InChI is InChI=1S/C11H16/c1-2-7-9-6-11(4-5-11)10(7)8(9)3-1/h7-10H,1-6H2. The third-order valence-corrected chi connectivity index (χ3v) is 5.34. The van der Waals surface area contributed by atoms with Gasteiger partial charge in [0.25, 0.3) is 0 Å². The van der Waals surface area contributed by atoms with Crippen LogP contribution in [-0.4, -0.2) is 0 Å². The van der Waals surface area contributed by atoms with E-state index in [1.807, 2.05) is 0 Å². The number of fused-ring (bicyclic) bond motifs is 2. The van der Waals surface area contributed by atoms with Gasteiger partial charge in [-0.3, -0.25) is 0 Å². The molecule has 0 aromatic carbocycles. The van der Waals surface area contributed by atoms with Crippen molar-refractivity contribution in [2.45, 2.75) is 38.5 Å². The van der Waals surface area contributed by atoms with E-state index in [1.54, 1.807) is 38.5 Å². The highest BCUT2D eigenvalue weighted by molar-refractivity contribution is 5.20. The molecule has 4 bridgehead atoms. The van der Waals surface area contributed by atoms with Crippen LogP contribution in [0.4, 0.5) is 0 Å². The largest absolute Gasteiger partial charge is 0.0527 e. The summed E-state index contributed by atoms with van der Waals surface area (Å²) in [6, 6.07) is 0. The SMILES string of the molecule is C1CC2C3CC4(CC4)C2C3C1. The zero-order chi connectivity index (χ0) is 7.05. The van der Waals surface area contributed by atoms with Gasteiger partial charge in [0, 0.05) is 0 Å². The molecular formula is C11H16. The van der Waals surface area contributed by atoms with Crippen molar-refractivity contribution in [2.24, 2.45) is 29.1 Å². The number of hydrogen-bond donors (Lipinski definition) is 0. The molecule has 0 heterocycles. The molecule has 0 nitrogen and oxygen atoms in total. The molecular weight excluding hydrogens is 132 g/mol. The van der Waals surface area contributed by atoms with Crippen LogP contribution in [-0.2, 0) is 0 Å². The normalized spacial score (nSPS) is 61.1. The minimum Gasteiger partial charge on any atom is -0.0527 e. The van der Waals surface area contributed by atoms with Crippen molar-refractivity contribution < 1.29 is 0 Å². The van der Waals surface area contributed by atoms with Gasteiger partial charge >= 0.3 is 0 Å².